The maximum absolute atomic E-state index is 14.6. The van der Waals surface area contributed by atoms with Gasteiger partial charge in [0.2, 0.25) is 0 Å². The fraction of sp³-hybridized carbons (Fsp3) is 0.261. The summed E-state index contributed by atoms with van der Waals surface area (Å²) in [5, 5.41) is 2.66. The summed E-state index contributed by atoms with van der Waals surface area (Å²) >= 11 is 4.75. The third-order valence-electron chi connectivity index (χ3n) is 5.26. The van der Waals surface area contributed by atoms with Crippen LogP contribution < -0.4 is 15.0 Å². The Morgan fingerprint density at radius 1 is 1.21 bits per heavy atom. The van der Waals surface area contributed by atoms with Crippen LogP contribution in [0.4, 0.5) is 24.7 Å². The quantitative estimate of drug-likeness (QED) is 0.472. The summed E-state index contributed by atoms with van der Waals surface area (Å²) in [5.74, 6) is -0.0538. The summed E-state index contributed by atoms with van der Waals surface area (Å²) in [6.07, 6.45) is 5.18. The van der Waals surface area contributed by atoms with Gasteiger partial charge in [-0.1, -0.05) is 6.92 Å². The Kier molecular flexibility index (Phi) is 6.42. The Labute approximate surface area is 193 Å². The van der Waals surface area contributed by atoms with Gasteiger partial charge in [0, 0.05) is 60.1 Å². The summed E-state index contributed by atoms with van der Waals surface area (Å²) in [5.41, 5.74) is -2.56. The first kappa shape index (κ1) is 22.8. The van der Waals surface area contributed by atoms with Crippen molar-refractivity contribution in [3.8, 4) is 16.9 Å². The Balaban J connectivity index is 1.61. The topological polar surface area (TPSA) is 67.4 Å². The number of hydrogen-bond acceptors (Lipinski definition) is 5. The molecule has 0 radical (unpaired) electrons. The minimum Gasteiger partial charge on any atom is -0.420 e. The third-order valence-corrected chi connectivity index (χ3v) is 5.33. The van der Waals surface area contributed by atoms with Gasteiger partial charge in [0.1, 0.15) is 17.4 Å². The minimum atomic E-state index is -3.83. The molecule has 1 N–H and O–H groups in total. The van der Waals surface area contributed by atoms with Crippen LogP contribution in [-0.2, 0) is 0 Å². The smallest absolute Gasteiger partial charge is 0.420 e. The number of anilines is 2. The fourth-order valence-electron chi connectivity index (χ4n) is 3.68. The van der Waals surface area contributed by atoms with Crippen molar-refractivity contribution in [3.63, 3.8) is 0 Å². The maximum Gasteiger partial charge on any atom is 0.487 e. The number of pyridine rings is 2. The molecular formula is C23H20ClF3N4O2. The molecule has 3 heterocycles. The highest BCUT2D eigenvalue weighted by atomic mass is 35.5. The molecule has 1 atom stereocenters. The van der Waals surface area contributed by atoms with Crippen molar-refractivity contribution in [2.24, 2.45) is 5.92 Å². The van der Waals surface area contributed by atoms with Gasteiger partial charge >= 0.3 is 5.57 Å². The zero-order valence-electron chi connectivity index (χ0n) is 17.6. The molecule has 6 nitrogen and oxygen atoms in total. The summed E-state index contributed by atoms with van der Waals surface area (Å²) in [6, 6.07) is 8.12. The molecule has 1 aliphatic rings. The zero-order chi connectivity index (χ0) is 23.6. The predicted octanol–water partition coefficient (Wildman–Crippen LogP) is 5.55. The van der Waals surface area contributed by atoms with E-state index in [-0.39, 0.29) is 16.9 Å². The van der Waals surface area contributed by atoms with Crippen molar-refractivity contribution in [1.82, 2.24) is 9.97 Å². The highest BCUT2D eigenvalue weighted by Gasteiger charge is 2.27. The number of nitrogens with one attached hydrogen (secondary N) is 1. The van der Waals surface area contributed by atoms with Crippen LogP contribution in [0.25, 0.3) is 11.1 Å². The molecule has 1 saturated heterocycles. The second kappa shape index (κ2) is 9.27. The van der Waals surface area contributed by atoms with Crippen molar-refractivity contribution in [1.29, 1.82) is 0 Å². The SMILES string of the molecule is C[C@@H]1CCN(c2ncc(C(=O)Nc3ccc(OC(F)(F)Cl)cc3)cc2-c2cnccc2F)C1. The Morgan fingerprint density at radius 3 is 2.61 bits per heavy atom. The number of rotatable bonds is 6. The number of carbonyl (C=O) groups is 1. The van der Waals surface area contributed by atoms with E-state index in [2.05, 4.69) is 31.8 Å². The van der Waals surface area contributed by atoms with Gasteiger partial charge in [-0.3, -0.25) is 9.78 Å². The fourth-order valence-corrected chi connectivity index (χ4v) is 3.77. The van der Waals surface area contributed by atoms with Gasteiger partial charge in [-0.2, -0.15) is 0 Å². The Morgan fingerprint density at radius 2 is 1.97 bits per heavy atom. The number of ether oxygens (including phenoxy) is 1. The van der Waals surface area contributed by atoms with Crippen LogP contribution in [0, 0.1) is 11.7 Å². The lowest BCUT2D eigenvalue weighted by Gasteiger charge is -2.21. The number of hydrogen-bond donors (Lipinski definition) is 1. The van der Waals surface area contributed by atoms with Crippen molar-refractivity contribution < 1.29 is 22.7 Å². The van der Waals surface area contributed by atoms with E-state index in [9.17, 15) is 18.0 Å². The average Bonchev–Trinajstić information content (AvgIpc) is 3.20. The molecule has 0 saturated carbocycles. The first-order chi connectivity index (χ1) is 15.7. The number of aromatic nitrogens is 2. The van der Waals surface area contributed by atoms with E-state index in [1.165, 1.54) is 48.9 Å². The number of carbonyl (C=O) groups excluding carboxylic acids is 1. The molecule has 1 fully saturated rings. The van der Waals surface area contributed by atoms with Crippen LogP contribution in [0.5, 0.6) is 5.75 Å². The molecule has 2 aromatic heterocycles. The largest absolute Gasteiger partial charge is 0.487 e. The van der Waals surface area contributed by atoms with Gasteiger partial charge in [-0.15, -0.1) is 8.78 Å². The lowest BCUT2D eigenvalue weighted by atomic mass is 10.0. The lowest BCUT2D eigenvalue weighted by Crippen LogP contribution is -2.22. The molecule has 3 aromatic rings. The van der Waals surface area contributed by atoms with E-state index >= 15 is 0 Å². The van der Waals surface area contributed by atoms with Gasteiger partial charge < -0.3 is 15.0 Å². The molecule has 4 rings (SSSR count). The lowest BCUT2D eigenvalue weighted by molar-refractivity contribution is -0.0964. The van der Waals surface area contributed by atoms with Crippen molar-refractivity contribution >= 4 is 29.0 Å². The van der Waals surface area contributed by atoms with Crippen LogP contribution >= 0.6 is 11.6 Å². The molecule has 1 aliphatic heterocycles. The molecule has 0 bridgehead atoms. The van der Waals surface area contributed by atoms with Gasteiger partial charge in [-0.05, 0) is 48.7 Å². The molecule has 10 heteroatoms. The highest BCUT2D eigenvalue weighted by Crippen LogP contribution is 2.34. The van der Waals surface area contributed by atoms with Crippen LogP contribution in [0.3, 0.4) is 0 Å². The monoisotopic (exact) mass is 476 g/mol. The Bertz CT molecular complexity index is 1160. The van der Waals surface area contributed by atoms with Crippen LogP contribution in [0.1, 0.15) is 23.7 Å². The van der Waals surface area contributed by atoms with Gasteiger partial charge in [0.05, 0.1) is 5.56 Å². The molecular weight excluding hydrogens is 457 g/mol. The van der Waals surface area contributed by atoms with Crippen molar-refractivity contribution in [2.75, 3.05) is 23.3 Å². The number of nitrogens with zero attached hydrogens (tertiary/aromatic N) is 3. The van der Waals surface area contributed by atoms with Gasteiger partial charge in [-0.25, -0.2) is 9.37 Å². The number of benzene rings is 1. The van der Waals surface area contributed by atoms with Crippen LogP contribution in [0.15, 0.2) is 55.0 Å². The van der Waals surface area contributed by atoms with E-state index in [4.69, 9.17) is 11.6 Å². The van der Waals surface area contributed by atoms with E-state index < -0.39 is 17.3 Å². The molecule has 172 valence electrons. The second-order valence-electron chi connectivity index (χ2n) is 7.82. The summed E-state index contributed by atoms with van der Waals surface area (Å²) < 4.78 is 44.3. The molecule has 0 spiro atoms. The molecule has 0 unspecified atom stereocenters. The minimum absolute atomic E-state index is 0.159. The second-order valence-corrected chi connectivity index (χ2v) is 8.26. The molecule has 0 aliphatic carbocycles. The predicted molar refractivity (Wildman–Crippen MR) is 119 cm³/mol. The summed E-state index contributed by atoms with van der Waals surface area (Å²) in [7, 11) is 0. The molecule has 1 aromatic carbocycles. The normalized spacial score (nSPS) is 16.0. The summed E-state index contributed by atoms with van der Waals surface area (Å²) in [6.45, 7) is 3.70. The average molecular weight is 477 g/mol. The van der Waals surface area contributed by atoms with Crippen molar-refractivity contribution in [2.45, 2.75) is 18.9 Å². The number of alkyl halides is 3. The van der Waals surface area contributed by atoms with Crippen LogP contribution in [-0.4, -0.2) is 34.5 Å². The van der Waals surface area contributed by atoms with E-state index in [0.29, 0.717) is 23.0 Å². The van der Waals surface area contributed by atoms with E-state index in [0.717, 1.165) is 19.5 Å². The summed E-state index contributed by atoms with van der Waals surface area (Å²) in [4.78, 5) is 23.4. The van der Waals surface area contributed by atoms with E-state index in [1.807, 2.05) is 0 Å². The first-order valence-corrected chi connectivity index (χ1v) is 10.6. The van der Waals surface area contributed by atoms with E-state index in [1.54, 1.807) is 6.07 Å². The number of halogens is 4. The van der Waals surface area contributed by atoms with Crippen molar-refractivity contribution in [3.05, 3.63) is 66.4 Å². The maximum atomic E-state index is 14.6. The highest BCUT2D eigenvalue weighted by molar-refractivity contribution is 6.20. The van der Waals surface area contributed by atoms with Gasteiger partial charge in [0.15, 0.2) is 0 Å². The standard InChI is InChI=1S/C23H20ClF3N4O2/c1-14-7-9-31(13-14)21-18(19-12-28-8-6-20(19)25)10-15(11-29-21)22(32)30-16-2-4-17(5-3-16)33-23(24,26)27/h2-6,8,10-12,14H,7,9,13H2,1H3,(H,30,32)/t14-/m1/s1. The van der Waals surface area contributed by atoms with Gasteiger partial charge in [0.25, 0.3) is 5.91 Å². The third kappa shape index (κ3) is 5.54. The molecule has 33 heavy (non-hydrogen) atoms. The first-order valence-electron chi connectivity index (χ1n) is 10.2. The Hall–Kier alpha value is -3.33. The number of amides is 1. The van der Waals surface area contributed by atoms with Crippen LogP contribution in [0.2, 0.25) is 0 Å². The molecule has 1 amide bonds. The zero-order valence-corrected chi connectivity index (χ0v) is 18.3.